The summed E-state index contributed by atoms with van der Waals surface area (Å²) < 4.78 is 5.71. The summed E-state index contributed by atoms with van der Waals surface area (Å²) in [5, 5.41) is 0. The van der Waals surface area contributed by atoms with E-state index in [0.29, 0.717) is 17.6 Å². The van der Waals surface area contributed by atoms with E-state index in [4.69, 9.17) is 11.2 Å². The van der Waals surface area contributed by atoms with E-state index in [-0.39, 0.29) is 34.8 Å². The summed E-state index contributed by atoms with van der Waals surface area (Å²) in [5.74, 6) is 2.89. The van der Waals surface area contributed by atoms with Crippen LogP contribution >= 0.6 is 0 Å². The number of allylic oxidation sites excluding steroid dienone is 1. The first-order chi connectivity index (χ1) is 8.60. The molecule has 0 saturated carbocycles. The molecule has 0 aromatic rings. The van der Waals surface area contributed by atoms with E-state index in [9.17, 15) is 4.79 Å². The molecule has 5 heteroatoms. The Balaban J connectivity index is 0.00000180. The predicted molar refractivity (Wildman–Crippen MR) is 69.3 cm³/mol. The van der Waals surface area contributed by atoms with Crippen LogP contribution in [0.3, 0.4) is 0 Å². The molecule has 3 unspecified atom stereocenters. The molecular formula is C14H19BrN2O2. The molecule has 2 rings (SSSR count). The summed E-state index contributed by atoms with van der Waals surface area (Å²) in [6.45, 7) is 3.14. The number of quaternary nitrogens is 1. The zero-order valence-corrected chi connectivity index (χ0v) is 12.9. The van der Waals surface area contributed by atoms with E-state index >= 15 is 0 Å². The Labute approximate surface area is 124 Å². The van der Waals surface area contributed by atoms with Crippen LogP contribution in [0, 0.1) is 24.2 Å². The third-order valence-electron chi connectivity index (χ3n) is 3.84. The molecule has 0 aromatic heterocycles. The lowest BCUT2D eigenvalue weighted by molar-refractivity contribution is -0.764. The van der Waals surface area contributed by atoms with Crippen LogP contribution in [0.25, 0.3) is 0 Å². The number of nitrogens with zero attached hydrogens (tertiary/aromatic N) is 2. The molecule has 19 heavy (non-hydrogen) atoms. The lowest BCUT2D eigenvalue weighted by atomic mass is 9.89. The minimum atomic E-state index is -0.0619. The molecule has 2 aliphatic heterocycles. The molecular weight excluding hydrogens is 308 g/mol. The molecule has 2 aliphatic rings. The first-order valence-corrected chi connectivity index (χ1v) is 6.30. The van der Waals surface area contributed by atoms with Crippen molar-refractivity contribution in [2.45, 2.75) is 19.8 Å². The van der Waals surface area contributed by atoms with Crippen LogP contribution in [-0.4, -0.2) is 37.0 Å². The maximum Gasteiger partial charge on any atom is 0.309 e. The smallest absolute Gasteiger partial charge is 0.309 e. The fourth-order valence-electron chi connectivity index (χ4n) is 2.64. The van der Waals surface area contributed by atoms with Gasteiger partial charge in [0.15, 0.2) is 6.34 Å². The fraction of sp³-hybridized carbons (Fsp3) is 0.571. The van der Waals surface area contributed by atoms with Crippen LogP contribution in [0.1, 0.15) is 19.8 Å². The normalized spacial score (nSPS) is 32.5. The summed E-state index contributed by atoms with van der Waals surface area (Å²) in [4.78, 5) is 15.8. The highest BCUT2D eigenvalue weighted by Crippen LogP contribution is 2.33. The Morgan fingerprint density at radius 1 is 1.63 bits per heavy atom. The second-order valence-electron chi connectivity index (χ2n) is 5.12. The minimum Gasteiger partial charge on any atom is -1.00 e. The van der Waals surface area contributed by atoms with Gasteiger partial charge in [0.2, 0.25) is 0 Å². The van der Waals surface area contributed by atoms with Gasteiger partial charge in [0.1, 0.15) is 12.2 Å². The SMILES string of the molecule is C#CC[N+]1(C)C=NC=C1CC1COC(=O)C1CC.[Br-]. The molecule has 1 saturated heterocycles. The fourth-order valence-corrected chi connectivity index (χ4v) is 2.64. The van der Waals surface area contributed by atoms with Gasteiger partial charge >= 0.3 is 5.97 Å². The van der Waals surface area contributed by atoms with Crippen LogP contribution in [0.15, 0.2) is 16.9 Å². The Morgan fingerprint density at radius 2 is 2.37 bits per heavy atom. The molecule has 0 radical (unpaired) electrons. The number of rotatable bonds is 4. The molecule has 0 spiro atoms. The molecule has 0 aliphatic carbocycles. The number of terminal acetylenes is 1. The quantitative estimate of drug-likeness (QED) is 0.360. The summed E-state index contributed by atoms with van der Waals surface area (Å²) in [7, 11) is 2.04. The maximum absolute atomic E-state index is 11.6. The van der Waals surface area contributed by atoms with Gasteiger partial charge in [0.05, 0.1) is 25.8 Å². The van der Waals surface area contributed by atoms with Gasteiger partial charge < -0.3 is 21.7 Å². The van der Waals surface area contributed by atoms with Crippen LogP contribution in [0.2, 0.25) is 0 Å². The number of hydrogen-bond acceptors (Lipinski definition) is 3. The lowest BCUT2D eigenvalue weighted by Gasteiger charge is -2.27. The molecule has 0 aromatic carbocycles. The van der Waals surface area contributed by atoms with Crippen molar-refractivity contribution < 1.29 is 31.0 Å². The van der Waals surface area contributed by atoms with Crippen molar-refractivity contribution in [2.24, 2.45) is 16.8 Å². The zero-order valence-electron chi connectivity index (χ0n) is 11.3. The first kappa shape index (κ1) is 15.9. The molecule has 3 atom stereocenters. The van der Waals surface area contributed by atoms with Crippen LogP contribution in [-0.2, 0) is 9.53 Å². The highest BCUT2D eigenvalue weighted by molar-refractivity contribution is 5.74. The summed E-state index contributed by atoms with van der Waals surface area (Å²) >= 11 is 0. The lowest BCUT2D eigenvalue weighted by Crippen LogP contribution is -3.00. The van der Waals surface area contributed by atoms with Crippen LogP contribution < -0.4 is 17.0 Å². The second-order valence-corrected chi connectivity index (χ2v) is 5.12. The number of hydrogen-bond donors (Lipinski definition) is 0. The number of aliphatic imine (C=N–C) groups is 1. The van der Waals surface area contributed by atoms with Gasteiger partial charge in [-0.3, -0.25) is 4.79 Å². The molecule has 0 amide bonds. The number of esters is 1. The third kappa shape index (κ3) is 3.07. The minimum absolute atomic E-state index is 0. The van der Waals surface area contributed by atoms with Crippen molar-refractivity contribution in [1.82, 2.24) is 0 Å². The van der Waals surface area contributed by atoms with Crippen LogP contribution in [0.5, 0.6) is 0 Å². The van der Waals surface area contributed by atoms with E-state index < -0.39 is 0 Å². The summed E-state index contributed by atoms with van der Waals surface area (Å²) in [6.07, 6.45) is 10.8. The van der Waals surface area contributed by atoms with E-state index in [0.717, 1.165) is 18.5 Å². The molecule has 1 fully saturated rings. The predicted octanol–water partition coefficient (Wildman–Crippen LogP) is -1.46. The average molecular weight is 327 g/mol. The number of ether oxygens (including phenoxy) is 1. The van der Waals surface area contributed by atoms with Crippen molar-refractivity contribution in [3.05, 3.63) is 11.9 Å². The monoisotopic (exact) mass is 326 g/mol. The highest BCUT2D eigenvalue weighted by atomic mass is 79.9. The number of carbonyl (C=O) groups excluding carboxylic acids is 1. The van der Waals surface area contributed by atoms with E-state index in [2.05, 4.69) is 10.9 Å². The Hall–Kier alpha value is -1.12. The van der Waals surface area contributed by atoms with E-state index in [1.165, 1.54) is 0 Å². The molecule has 0 N–H and O–H groups in total. The van der Waals surface area contributed by atoms with Gasteiger partial charge in [-0.05, 0) is 12.3 Å². The zero-order chi connectivity index (χ0) is 13.2. The van der Waals surface area contributed by atoms with Gasteiger partial charge in [0.25, 0.3) is 0 Å². The Kier molecular flexibility index (Phi) is 5.33. The highest BCUT2D eigenvalue weighted by Gasteiger charge is 2.40. The van der Waals surface area contributed by atoms with Crippen molar-refractivity contribution in [3.63, 3.8) is 0 Å². The largest absolute Gasteiger partial charge is 1.00 e. The van der Waals surface area contributed by atoms with E-state index in [1.807, 2.05) is 26.5 Å². The molecule has 0 bridgehead atoms. The standard InChI is InChI=1S/C14H19N2O2.BrH/c1-4-6-16(3)10-15-8-12(16)7-11-9-18-14(17)13(11)5-2;/h1,8,10-11,13H,5-7,9H2,2-3H3;1H/q+1;/p-1. The molecule has 2 heterocycles. The Morgan fingerprint density at radius 3 is 3.00 bits per heavy atom. The topological polar surface area (TPSA) is 38.7 Å². The van der Waals surface area contributed by atoms with Gasteiger partial charge in [0, 0.05) is 12.3 Å². The number of cyclic esters (lactones) is 1. The first-order valence-electron chi connectivity index (χ1n) is 6.30. The number of carbonyl (C=O) groups is 1. The summed E-state index contributed by atoms with van der Waals surface area (Å²) in [5.41, 5.74) is 1.16. The van der Waals surface area contributed by atoms with Crippen molar-refractivity contribution in [3.8, 4) is 12.3 Å². The van der Waals surface area contributed by atoms with E-state index in [1.54, 1.807) is 0 Å². The van der Waals surface area contributed by atoms with Gasteiger partial charge in [-0.15, -0.1) is 6.42 Å². The average Bonchev–Trinajstić information content (AvgIpc) is 2.85. The molecule has 104 valence electrons. The number of halogens is 1. The van der Waals surface area contributed by atoms with Gasteiger partial charge in [-0.2, -0.15) is 0 Å². The van der Waals surface area contributed by atoms with Gasteiger partial charge in [-0.1, -0.05) is 6.92 Å². The van der Waals surface area contributed by atoms with Crippen LogP contribution in [0.4, 0.5) is 0 Å². The van der Waals surface area contributed by atoms with Gasteiger partial charge in [-0.25, -0.2) is 9.48 Å². The summed E-state index contributed by atoms with van der Waals surface area (Å²) in [6, 6.07) is 0. The third-order valence-corrected chi connectivity index (χ3v) is 3.84. The van der Waals surface area contributed by atoms with Crippen molar-refractivity contribution >= 4 is 12.3 Å². The molecule has 4 nitrogen and oxygen atoms in total. The Bertz CT molecular complexity index is 453. The van der Waals surface area contributed by atoms with Crippen molar-refractivity contribution in [2.75, 3.05) is 20.2 Å². The van der Waals surface area contributed by atoms with Crippen molar-refractivity contribution in [1.29, 1.82) is 0 Å². The maximum atomic E-state index is 11.6. The second kappa shape index (κ2) is 6.36.